The van der Waals surface area contributed by atoms with Crippen LogP contribution >= 0.6 is 0 Å². The van der Waals surface area contributed by atoms with Crippen molar-refractivity contribution < 1.29 is 4.79 Å². The molecule has 2 rings (SSSR count). The first-order valence-electron chi connectivity index (χ1n) is 9.26. The summed E-state index contributed by atoms with van der Waals surface area (Å²) in [4.78, 5) is 19.4. The molecule has 2 aliphatic rings. The third-order valence-corrected chi connectivity index (χ3v) is 5.36. The van der Waals surface area contributed by atoms with E-state index in [1.54, 1.807) is 0 Å². The number of hydrogen-bond acceptors (Lipinski definition) is 3. The maximum atomic E-state index is 12.5. The molecule has 1 aliphatic heterocycles. The van der Waals surface area contributed by atoms with Gasteiger partial charge in [0.05, 0.1) is 6.54 Å². The van der Waals surface area contributed by atoms with E-state index in [9.17, 15) is 4.79 Å². The van der Waals surface area contributed by atoms with Crippen molar-refractivity contribution in [1.29, 1.82) is 0 Å². The molecule has 0 spiro atoms. The highest BCUT2D eigenvalue weighted by molar-refractivity contribution is 5.78. The van der Waals surface area contributed by atoms with Gasteiger partial charge in [-0.3, -0.25) is 9.69 Å². The highest BCUT2D eigenvalue weighted by Crippen LogP contribution is 2.21. The lowest BCUT2D eigenvalue weighted by atomic mass is 9.94. The Bertz CT molecular complexity index is 331. The molecule has 4 nitrogen and oxygen atoms in total. The predicted molar refractivity (Wildman–Crippen MR) is 92.0 cm³/mol. The largest absolute Gasteiger partial charge is 0.342 e. The summed E-state index contributed by atoms with van der Waals surface area (Å²) in [6.45, 7) is 10.7. The Hall–Kier alpha value is -0.610. The van der Waals surface area contributed by atoms with Crippen molar-refractivity contribution in [3.05, 3.63) is 0 Å². The van der Waals surface area contributed by atoms with Crippen molar-refractivity contribution in [3.63, 3.8) is 0 Å². The van der Waals surface area contributed by atoms with Crippen molar-refractivity contribution in [1.82, 2.24) is 14.7 Å². The molecule has 0 unspecified atom stereocenters. The summed E-state index contributed by atoms with van der Waals surface area (Å²) in [6, 6.07) is 0.494. The van der Waals surface area contributed by atoms with Gasteiger partial charge in [0, 0.05) is 39.3 Å². The van der Waals surface area contributed by atoms with Crippen LogP contribution in [-0.2, 0) is 4.79 Å². The van der Waals surface area contributed by atoms with Crippen molar-refractivity contribution in [2.75, 3.05) is 46.3 Å². The van der Waals surface area contributed by atoms with Gasteiger partial charge >= 0.3 is 0 Å². The maximum Gasteiger partial charge on any atom is 0.236 e. The molecule has 1 saturated heterocycles. The summed E-state index contributed by atoms with van der Waals surface area (Å²) in [5.74, 6) is 1.10. The molecule has 0 bridgehead atoms. The zero-order chi connectivity index (χ0) is 15.9. The zero-order valence-electron chi connectivity index (χ0n) is 14.9. The minimum atomic E-state index is 0.322. The second-order valence-electron chi connectivity index (χ2n) is 7.60. The lowest BCUT2D eigenvalue weighted by Crippen LogP contribution is -2.51. The number of carbonyl (C=O) groups excluding carboxylic acids is 1. The van der Waals surface area contributed by atoms with Gasteiger partial charge in [0.25, 0.3) is 0 Å². The van der Waals surface area contributed by atoms with Gasteiger partial charge in [-0.2, -0.15) is 0 Å². The monoisotopic (exact) mass is 309 g/mol. The van der Waals surface area contributed by atoms with Crippen LogP contribution in [0.4, 0.5) is 0 Å². The first-order chi connectivity index (χ1) is 10.6. The van der Waals surface area contributed by atoms with Gasteiger partial charge in [-0.25, -0.2) is 0 Å². The van der Waals surface area contributed by atoms with Gasteiger partial charge in [-0.05, 0) is 31.7 Å². The van der Waals surface area contributed by atoms with E-state index < -0.39 is 0 Å². The molecular formula is C18H35N3O. The van der Waals surface area contributed by atoms with Gasteiger partial charge in [0.15, 0.2) is 0 Å². The normalized spacial score (nSPS) is 22.2. The van der Waals surface area contributed by atoms with Crippen LogP contribution in [0.15, 0.2) is 0 Å². The van der Waals surface area contributed by atoms with Gasteiger partial charge in [0.1, 0.15) is 0 Å². The maximum absolute atomic E-state index is 12.5. The van der Waals surface area contributed by atoms with E-state index in [0.29, 0.717) is 18.5 Å². The molecule has 2 fully saturated rings. The van der Waals surface area contributed by atoms with Crippen LogP contribution in [0.25, 0.3) is 0 Å². The first-order valence-corrected chi connectivity index (χ1v) is 9.26. The van der Waals surface area contributed by atoms with E-state index in [1.165, 1.54) is 45.1 Å². The molecule has 128 valence electrons. The Balaban J connectivity index is 1.67. The molecule has 0 aromatic carbocycles. The quantitative estimate of drug-likeness (QED) is 0.754. The number of rotatable bonds is 6. The molecule has 0 radical (unpaired) electrons. The summed E-state index contributed by atoms with van der Waals surface area (Å²) in [5, 5.41) is 0. The SMILES string of the molecule is CC(C)CCN1CCN(CC(=O)N(C)C2CCCCC2)CC1. The molecule has 4 heteroatoms. The van der Waals surface area contributed by atoms with Crippen LogP contribution in [0.2, 0.25) is 0 Å². The third-order valence-electron chi connectivity index (χ3n) is 5.36. The van der Waals surface area contributed by atoms with Crippen molar-refractivity contribution in [2.24, 2.45) is 5.92 Å². The molecule has 1 heterocycles. The minimum Gasteiger partial charge on any atom is -0.342 e. The number of likely N-dealkylation sites (N-methyl/N-ethyl adjacent to an activating group) is 1. The van der Waals surface area contributed by atoms with Gasteiger partial charge in [-0.15, -0.1) is 0 Å². The standard InChI is InChI=1S/C18H35N3O/c1-16(2)9-10-20-11-13-21(14-12-20)15-18(22)19(3)17-7-5-4-6-8-17/h16-17H,4-15H2,1-3H3. The summed E-state index contributed by atoms with van der Waals surface area (Å²) < 4.78 is 0. The van der Waals surface area contributed by atoms with Crippen LogP contribution in [0, 0.1) is 5.92 Å². The Morgan fingerprint density at radius 2 is 1.64 bits per heavy atom. The molecule has 0 atom stereocenters. The lowest BCUT2D eigenvalue weighted by molar-refractivity contribution is -0.134. The summed E-state index contributed by atoms with van der Waals surface area (Å²) in [5.41, 5.74) is 0. The van der Waals surface area contributed by atoms with E-state index in [2.05, 4.69) is 23.6 Å². The number of amides is 1. The second kappa shape index (κ2) is 8.88. The van der Waals surface area contributed by atoms with E-state index in [0.717, 1.165) is 32.1 Å². The van der Waals surface area contributed by atoms with Crippen molar-refractivity contribution in [2.45, 2.75) is 58.4 Å². The number of piperazine rings is 1. The van der Waals surface area contributed by atoms with Crippen LogP contribution in [0.1, 0.15) is 52.4 Å². The smallest absolute Gasteiger partial charge is 0.236 e. The second-order valence-corrected chi connectivity index (χ2v) is 7.60. The molecule has 0 N–H and O–H groups in total. The van der Waals surface area contributed by atoms with Gasteiger partial charge in [-0.1, -0.05) is 33.1 Å². The highest BCUT2D eigenvalue weighted by atomic mass is 16.2. The molecule has 1 aliphatic carbocycles. The number of carbonyl (C=O) groups is 1. The Kier molecular flexibility index (Phi) is 7.16. The minimum absolute atomic E-state index is 0.322. The third kappa shape index (κ3) is 5.54. The van der Waals surface area contributed by atoms with Crippen LogP contribution < -0.4 is 0 Å². The van der Waals surface area contributed by atoms with Gasteiger partial charge in [0.2, 0.25) is 5.91 Å². The van der Waals surface area contributed by atoms with Crippen LogP contribution in [0.3, 0.4) is 0 Å². The number of nitrogens with zero attached hydrogens (tertiary/aromatic N) is 3. The highest BCUT2D eigenvalue weighted by Gasteiger charge is 2.25. The molecule has 1 saturated carbocycles. The van der Waals surface area contributed by atoms with Crippen LogP contribution in [0.5, 0.6) is 0 Å². The lowest BCUT2D eigenvalue weighted by Gasteiger charge is -2.37. The van der Waals surface area contributed by atoms with Gasteiger partial charge < -0.3 is 9.80 Å². The summed E-state index contributed by atoms with van der Waals surface area (Å²) >= 11 is 0. The fourth-order valence-electron chi connectivity index (χ4n) is 3.59. The van der Waals surface area contributed by atoms with Crippen molar-refractivity contribution >= 4 is 5.91 Å². The fourth-order valence-corrected chi connectivity index (χ4v) is 3.59. The average molecular weight is 309 g/mol. The van der Waals surface area contributed by atoms with E-state index in [1.807, 2.05) is 11.9 Å². The predicted octanol–water partition coefficient (Wildman–Crippen LogP) is 2.44. The first kappa shape index (κ1) is 17.7. The Morgan fingerprint density at radius 1 is 1.05 bits per heavy atom. The molecule has 0 aromatic heterocycles. The molecular weight excluding hydrogens is 274 g/mol. The summed E-state index contributed by atoms with van der Waals surface area (Å²) in [7, 11) is 2.01. The fraction of sp³-hybridized carbons (Fsp3) is 0.944. The zero-order valence-corrected chi connectivity index (χ0v) is 14.9. The summed E-state index contributed by atoms with van der Waals surface area (Å²) in [6.07, 6.45) is 7.60. The Morgan fingerprint density at radius 3 is 2.23 bits per heavy atom. The van der Waals surface area contributed by atoms with E-state index in [4.69, 9.17) is 0 Å². The van der Waals surface area contributed by atoms with Crippen LogP contribution in [-0.4, -0.2) is 73.0 Å². The van der Waals surface area contributed by atoms with Crippen molar-refractivity contribution in [3.8, 4) is 0 Å². The molecule has 0 aromatic rings. The average Bonchev–Trinajstić information content (AvgIpc) is 2.54. The molecule has 22 heavy (non-hydrogen) atoms. The molecule has 1 amide bonds. The number of hydrogen-bond donors (Lipinski definition) is 0. The van der Waals surface area contributed by atoms with E-state index >= 15 is 0 Å². The Labute approximate surface area is 136 Å². The topological polar surface area (TPSA) is 26.8 Å². The van der Waals surface area contributed by atoms with E-state index in [-0.39, 0.29) is 0 Å².